The summed E-state index contributed by atoms with van der Waals surface area (Å²) in [6.45, 7) is -0.626. The van der Waals surface area contributed by atoms with Crippen molar-refractivity contribution in [1.82, 2.24) is 9.97 Å². The monoisotopic (exact) mass is 878 g/mol. The average Bonchev–Trinajstić information content (AvgIpc) is 4.06. The largest absolute Gasteiger partial charge is 0.457 e. The van der Waals surface area contributed by atoms with Crippen molar-refractivity contribution in [3.63, 3.8) is 0 Å². The van der Waals surface area contributed by atoms with Gasteiger partial charge in [0.1, 0.15) is 64.2 Å². The number of benzene rings is 4. The second-order valence-electron chi connectivity index (χ2n) is 14.2. The van der Waals surface area contributed by atoms with Crippen LogP contribution < -0.4 is 4.74 Å². The predicted octanol–water partition coefficient (Wildman–Crippen LogP) is 6.60. The summed E-state index contributed by atoms with van der Waals surface area (Å²) in [6, 6.07) is 29.5. The summed E-state index contributed by atoms with van der Waals surface area (Å²) in [5, 5.41) is 49.6. The minimum Gasteiger partial charge on any atom is -0.457 e. The number of aliphatic hydroxyl groups is 1. The first-order valence-corrected chi connectivity index (χ1v) is 20.5. The summed E-state index contributed by atoms with van der Waals surface area (Å²) >= 11 is 1.80. The van der Waals surface area contributed by atoms with E-state index in [0.29, 0.717) is 11.1 Å². The van der Waals surface area contributed by atoms with Gasteiger partial charge in [0, 0.05) is 22.3 Å². The van der Waals surface area contributed by atoms with E-state index in [1.165, 1.54) is 36.4 Å². The maximum Gasteiger partial charge on any atom is 0.369 e. The number of aliphatic hydroxyl groups excluding tert-OH is 1. The van der Waals surface area contributed by atoms with Crippen molar-refractivity contribution < 1.29 is 43.3 Å². The Morgan fingerprint density at radius 2 is 1.16 bits per heavy atom. The predicted molar refractivity (Wildman–Crippen MR) is 224 cm³/mol. The van der Waals surface area contributed by atoms with Gasteiger partial charge in [-0.2, -0.15) is 21.0 Å². The smallest absolute Gasteiger partial charge is 0.369 e. The maximum atomic E-state index is 14.6. The van der Waals surface area contributed by atoms with Crippen molar-refractivity contribution in [3.05, 3.63) is 167 Å². The number of ketones is 3. The molecule has 3 aliphatic rings. The van der Waals surface area contributed by atoms with E-state index in [9.17, 15) is 50.1 Å². The molecule has 0 bridgehead atoms. The zero-order chi connectivity index (χ0) is 44.9. The molecule has 2 aliphatic carbocycles. The standard InChI is InChI=1S/C47H22N6O9S2/c48-17-25-11-29-30(12-26(25)18-49)38(55)33(37(29)54)15-35-52-43-41(63-35)42-44(53-36(64-42)16-34-39(56)31-13-27(19-50)28(20-51)14-32(31)40(34)57)62-47(43,45(58)60-21-23-7-3-1-4-8-23)46(59)61-22-24-9-5-2-6-10-24/h1-16,39,56H,21-22H2/b34-16+. The van der Waals surface area contributed by atoms with Crippen LogP contribution in [0.5, 0.6) is 5.88 Å². The SMILES string of the molecule is N#Cc1cc2c(cc1C#N)C(=O)C(=Cc1nc3c(s1)-c1sc(/C=C4/C(=O)c5cc(C#N)c(C#N)cc5C4O)nc1OC3(C(=O)OCc1ccccc1)C(=O)OCc1ccccc1)C2=O. The third kappa shape index (κ3) is 6.63. The van der Waals surface area contributed by atoms with Crippen LogP contribution in [0.25, 0.3) is 21.9 Å². The second kappa shape index (κ2) is 16.0. The van der Waals surface area contributed by atoms with Gasteiger partial charge in [0.25, 0.3) is 0 Å². The first kappa shape index (κ1) is 40.7. The molecule has 2 aromatic heterocycles. The maximum absolute atomic E-state index is 14.6. The lowest BCUT2D eigenvalue weighted by Gasteiger charge is -2.31. The molecular weight excluding hydrogens is 857 g/mol. The molecule has 64 heavy (non-hydrogen) atoms. The van der Waals surface area contributed by atoms with Gasteiger partial charge >= 0.3 is 17.5 Å². The van der Waals surface area contributed by atoms with Gasteiger partial charge in [0.05, 0.1) is 32.7 Å². The van der Waals surface area contributed by atoms with E-state index in [-0.39, 0.29) is 100 Å². The molecule has 15 nitrogen and oxygen atoms in total. The third-order valence-electron chi connectivity index (χ3n) is 10.5. The van der Waals surface area contributed by atoms with Crippen LogP contribution in [-0.4, -0.2) is 44.4 Å². The number of fused-ring (bicyclic) bond motifs is 5. The Hall–Kier alpha value is -8.71. The van der Waals surface area contributed by atoms with Gasteiger partial charge in [-0.1, -0.05) is 60.7 Å². The second-order valence-corrected chi connectivity index (χ2v) is 16.3. The Balaban J connectivity index is 1.19. The molecule has 3 heterocycles. The fraction of sp³-hybridized carbons (Fsp3) is 0.0851. The topological polar surface area (TPSA) is 254 Å². The van der Waals surface area contributed by atoms with Crippen LogP contribution >= 0.6 is 22.7 Å². The number of rotatable bonds is 8. The normalized spacial score (nSPS) is 15.6. The molecular formula is C47H22N6O9S2. The molecule has 0 spiro atoms. The van der Waals surface area contributed by atoms with Gasteiger partial charge in [-0.25, -0.2) is 19.6 Å². The molecule has 6 aromatic rings. The molecule has 9 rings (SSSR count). The van der Waals surface area contributed by atoms with Gasteiger partial charge < -0.3 is 19.3 Å². The van der Waals surface area contributed by atoms with E-state index >= 15 is 0 Å². The van der Waals surface area contributed by atoms with Crippen LogP contribution in [0.2, 0.25) is 0 Å². The Bertz CT molecular complexity index is 3210. The average molecular weight is 879 g/mol. The van der Waals surface area contributed by atoms with Gasteiger partial charge in [-0.15, -0.1) is 22.7 Å². The Morgan fingerprint density at radius 3 is 1.69 bits per heavy atom. The summed E-state index contributed by atoms with van der Waals surface area (Å²) in [5.74, 6) is -4.92. The molecule has 1 unspecified atom stereocenters. The number of carbonyl (C=O) groups is 5. The van der Waals surface area contributed by atoms with Gasteiger partial charge in [-0.05, 0) is 53.1 Å². The summed E-state index contributed by atoms with van der Waals surface area (Å²) in [5.41, 5.74) is -2.86. The molecule has 306 valence electrons. The Kier molecular flexibility index (Phi) is 10.1. The molecule has 0 saturated carbocycles. The van der Waals surface area contributed by atoms with Crippen LogP contribution in [-0.2, 0) is 37.9 Å². The Morgan fingerprint density at radius 1 is 0.672 bits per heavy atom. The van der Waals surface area contributed by atoms with Crippen molar-refractivity contribution in [1.29, 1.82) is 21.0 Å². The number of hydrogen-bond acceptors (Lipinski definition) is 17. The molecule has 0 fully saturated rings. The minimum atomic E-state index is -2.80. The molecule has 0 amide bonds. The number of esters is 2. The number of allylic oxidation sites excluding steroid dienone is 1. The first-order valence-electron chi connectivity index (χ1n) is 18.8. The number of carbonyl (C=O) groups excluding carboxylic acids is 5. The fourth-order valence-corrected chi connectivity index (χ4v) is 9.47. The quantitative estimate of drug-likeness (QED) is 0.0731. The first-order chi connectivity index (χ1) is 31.0. The molecule has 0 radical (unpaired) electrons. The van der Waals surface area contributed by atoms with E-state index in [1.807, 2.05) is 24.3 Å². The molecule has 1 N–H and O–H groups in total. The van der Waals surface area contributed by atoms with Crippen molar-refractivity contribution in [2.24, 2.45) is 0 Å². The number of hydrogen-bond donors (Lipinski definition) is 1. The van der Waals surface area contributed by atoms with Crippen LogP contribution in [0.4, 0.5) is 0 Å². The van der Waals surface area contributed by atoms with E-state index in [4.69, 9.17) is 14.2 Å². The molecule has 1 atom stereocenters. The van der Waals surface area contributed by atoms with Crippen molar-refractivity contribution >= 4 is 64.1 Å². The highest BCUT2D eigenvalue weighted by atomic mass is 32.1. The van der Waals surface area contributed by atoms with Gasteiger partial charge in [0.2, 0.25) is 5.88 Å². The summed E-state index contributed by atoms with van der Waals surface area (Å²) in [4.78, 5) is 79.8. The van der Waals surface area contributed by atoms with Crippen LogP contribution in [0.1, 0.15) is 91.8 Å². The van der Waals surface area contributed by atoms with E-state index in [2.05, 4.69) is 9.97 Å². The lowest BCUT2D eigenvalue weighted by Crippen LogP contribution is -2.52. The van der Waals surface area contributed by atoms with Gasteiger partial charge in [0.15, 0.2) is 17.3 Å². The number of aromatic nitrogens is 2. The molecule has 1 aliphatic heterocycles. The highest BCUT2D eigenvalue weighted by Gasteiger charge is 2.61. The van der Waals surface area contributed by atoms with Crippen molar-refractivity contribution in [2.45, 2.75) is 24.9 Å². The zero-order valence-corrected chi connectivity index (χ0v) is 34.1. The Labute approximate surface area is 369 Å². The molecule has 17 heteroatoms. The number of ether oxygens (including phenoxy) is 3. The third-order valence-corrected chi connectivity index (χ3v) is 12.6. The number of thiazole rings is 2. The molecule has 0 saturated heterocycles. The van der Waals surface area contributed by atoms with Crippen molar-refractivity contribution in [2.75, 3.05) is 0 Å². The highest BCUT2D eigenvalue weighted by Crippen LogP contribution is 2.52. The minimum absolute atomic E-state index is 0.0153. The fourth-order valence-electron chi connectivity index (χ4n) is 7.35. The van der Waals surface area contributed by atoms with Crippen molar-refractivity contribution in [3.8, 4) is 39.9 Å². The van der Waals surface area contributed by atoms with Gasteiger partial charge in [-0.3, -0.25) is 14.4 Å². The van der Waals surface area contributed by atoms with Crippen LogP contribution in [0, 0.1) is 45.3 Å². The summed E-state index contributed by atoms with van der Waals surface area (Å²) < 4.78 is 17.8. The highest BCUT2D eigenvalue weighted by molar-refractivity contribution is 7.23. The van der Waals surface area contributed by atoms with E-state index < -0.39 is 41.0 Å². The number of Topliss-reactive ketones (excluding diaryl/α,β-unsaturated/α-hetero) is 3. The summed E-state index contributed by atoms with van der Waals surface area (Å²) in [7, 11) is 0. The number of nitriles is 4. The summed E-state index contributed by atoms with van der Waals surface area (Å²) in [6.07, 6.45) is 0.934. The lowest BCUT2D eigenvalue weighted by atomic mass is 9.95. The van der Waals surface area contributed by atoms with E-state index in [1.54, 1.807) is 60.7 Å². The molecule has 4 aromatic carbocycles. The zero-order valence-electron chi connectivity index (χ0n) is 32.4. The van der Waals surface area contributed by atoms with Crippen LogP contribution in [0.3, 0.4) is 0 Å². The lowest BCUT2D eigenvalue weighted by molar-refractivity contribution is -0.184. The number of nitrogens with zero attached hydrogens (tertiary/aromatic N) is 6. The van der Waals surface area contributed by atoms with E-state index in [0.717, 1.165) is 22.7 Å². The van der Waals surface area contributed by atoms with Crippen LogP contribution in [0.15, 0.2) is 96.1 Å².